The first-order valence-corrected chi connectivity index (χ1v) is 6.30. The Morgan fingerprint density at radius 3 is 2.68 bits per heavy atom. The molecule has 1 aliphatic rings. The van der Waals surface area contributed by atoms with E-state index in [9.17, 15) is 9.59 Å². The van der Waals surface area contributed by atoms with Gasteiger partial charge in [-0.2, -0.15) is 5.26 Å². The van der Waals surface area contributed by atoms with Gasteiger partial charge >= 0.3 is 0 Å². The number of benzene rings is 1. The normalized spacial score (nSPS) is 14.5. The Morgan fingerprint density at radius 1 is 1.37 bits per heavy atom. The van der Waals surface area contributed by atoms with Crippen LogP contribution in [-0.4, -0.2) is 18.2 Å². The van der Waals surface area contributed by atoms with Crippen molar-refractivity contribution >= 4 is 29.0 Å². The van der Waals surface area contributed by atoms with Gasteiger partial charge in [0, 0.05) is 11.6 Å². The van der Waals surface area contributed by atoms with Gasteiger partial charge in [-0.05, 0) is 38.5 Å². The van der Waals surface area contributed by atoms with E-state index < -0.39 is 17.1 Å². The number of carbonyl (C=O) groups is 2. The van der Waals surface area contributed by atoms with Crippen molar-refractivity contribution in [3.63, 3.8) is 0 Å². The van der Waals surface area contributed by atoms with Gasteiger partial charge in [0.25, 0.3) is 11.7 Å². The number of ketones is 1. The summed E-state index contributed by atoms with van der Waals surface area (Å²) >= 11 is 5.90. The fraction of sp³-hybridized carbons (Fsp3) is 0.357. The summed E-state index contributed by atoms with van der Waals surface area (Å²) in [6, 6.07) is 6.94. The van der Waals surface area contributed by atoms with Crippen LogP contribution >= 0.6 is 11.6 Å². The quantitative estimate of drug-likeness (QED) is 0.798. The van der Waals surface area contributed by atoms with Crippen molar-refractivity contribution in [3.05, 3.63) is 28.8 Å². The molecule has 0 spiro atoms. The molecule has 1 heterocycles. The number of hydrogen-bond donors (Lipinski definition) is 0. The molecule has 0 aliphatic carbocycles. The molecule has 0 saturated carbocycles. The third kappa shape index (κ3) is 2.47. The molecule has 1 amide bonds. The maximum Gasteiger partial charge on any atom is 0.299 e. The lowest BCUT2D eigenvalue weighted by Gasteiger charge is -2.21. The Bertz CT molecular complexity index is 602. The molecule has 0 bridgehead atoms. The molecular weight excluding hydrogens is 264 g/mol. The van der Waals surface area contributed by atoms with Crippen LogP contribution < -0.4 is 4.90 Å². The van der Waals surface area contributed by atoms with E-state index in [0.29, 0.717) is 29.2 Å². The Balaban J connectivity index is 2.29. The molecule has 1 aromatic carbocycles. The van der Waals surface area contributed by atoms with Crippen LogP contribution in [0.25, 0.3) is 0 Å². The molecule has 0 N–H and O–H groups in total. The summed E-state index contributed by atoms with van der Waals surface area (Å²) in [5.74, 6) is -1.06. The number of anilines is 1. The third-order valence-corrected chi connectivity index (χ3v) is 3.43. The highest BCUT2D eigenvalue weighted by Gasteiger charge is 2.36. The molecule has 0 unspecified atom stereocenters. The van der Waals surface area contributed by atoms with Crippen molar-refractivity contribution in [2.75, 3.05) is 11.4 Å². The minimum Gasteiger partial charge on any atom is -0.305 e. The summed E-state index contributed by atoms with van der Waals surface area (Å²) in [5.41, 5.74) is 0.380. The second-order valence-electron chi connectivity index (χ2n) is 5.19. The summed E-state index contributed by atoms with van der Waals surface area (Å²) < 4.78 is 0. The van der Waals surface area contributed by atoms with Gasteiger partial charge in [-0.3, -0.25) is 9.59 Å². The number of halogens is 1. The summed E-state index contributed by atoms with van der Waals surface area (Å²) in [6.45, 7) is 3.93. The average molecular weight is 277 g/mol. The van der Waals surface area contributed by atoms with Crippen LogP contribution in [0.2, 0.25) is 5.02 Å². The SMILES string of the molecule is CC(C)(C#N)CCN1C(=O)C(=O)c2ccc(Cl)cc21. The van der Waals surface area contributed by atoms with E-state index in [1.54, 1.807) is 32.0 Å². The number of rotatable bonds is 3. The molecule has 0 aromatic heterocycles. The van der Waals surface area contributed by atoms with Crippen LogP contribution in [0.15, 0.2) is 18.2 Å². The predicted octanol–water partition coefficient (Wildman–Crippen LogP) is 2.81. The van der Waals surface area contributed by atoms with E-state index in [2.05, 4.69) is 6.07 Å². The van der Waals surface area contributed by atoms with E-state index in [0.717, 1.165) is 0 Å². The van der Waals surface area contributed by atoms with Crippen molar-refractivity contribution in [2.45, 2.75) is 20.3 Å². The average Bonchev–Trinajstić information content (AvgIpc) is 2.60. The first kappa shape index (κ1) is 13.6. The Hall–Kier alpha value is -1.86. The number of carbonyl (C=O) groups excluding carboxylic acids is 2. The molecular formula is C14H13ClN2O2. The van der Waals surface area contributed by atoms with Crippen LogP contribution in [0.4, 0.5) is 5.69 Å². The standard InChI is InChI=1S/C14H13ClN2O2/c1-14(2,8-16)5-6-17-11-7-9(15)3-4-10(11)12(18)13(17)19/h3-4,7H,5-6H2,1-2H3. The van der Waals surface area contributed by atoms with Gasteiger partial charge in [0.2, 0.25) is 0 Å². The molecule has 1 aromatic rings. The van der Waals surface area contributed by atoms with Gasteiger partial charge in [0.15, 0.2) is 0 Å². The van der Waals surface area contributed by atoms with Crippen LogP contribution in [0.1, 0.15) is 30.6 Å². The number of amides is 1. The second kappa shape index (κ2) is 4.67. The summed E-state index contributed by atoms with van der Waals surface area (Å²) in [5, 5.41) is 9.46. The van der Waals surface area contributed by atoms with Gasteiger partial charge in [-0.25, -0.2) is 0 Å². The van der Waals surface area contributed by atoms with Crippen LogP contribution in [0.3, 0.4) is 0 Å². The lowest BCUT2D eigenvalue weighted by molar-refractivity contribution is -0.114. The molecule has 5 heteroatoms. The van der Waals surface area contributed by atoms with Crippen LogP contribution in [-0.2, 0) is 4.79 Å². The number of fused-ring (bicyclic) bond motifs is 1. The van der Waals surface area contributed by atoms with Crippen molar-refractivity contribution in [3.8, 4) is 6.07 Å². The first-order valence-electron chi connectivity index (χ1n) is 5.93. The van der Waals surface area contributed by atoms with Crippen LogP contribution in [0, 0.1) is 16.7 Å². The Labute approximate surface area is 116 Å². The van der Waals surface area contributed by atoms with E-state index >= 15 is 0 Å². The fourth-order valence-corrected chi connectivity index (χ4v) is 2.10. The topological polar surface area (TPSA) is 61.2 Å². The monoisotopic (exact) mass is 276 g/mol. The van der Waals surface area contributed by atoms with Gasteiger partial charge in [-0.15, -0.1) is 0 Å². The molecule has 1 aliphatic heterocycles. The van der Waals surface area contributed by atoms with E-state index in [1.165, 1.54) is 4.90 Å². The second-order valence-corrected chi connectivity index (χ2v) is 5.63. The first-order chi connectivity index (χ1) is 8.85. The van der Waals surface area contributed by atoms with Crippen molar-refractivity contribution in [1.82, 2.24) is 0 Å². The third-order valence-electron chi connectivity index (χ3n) is 3.20. The smallest absolute Gasteiger partial charge is 0.299 e. The minimum absolute atomic E-state index is 0.332. The zero-order valence-electron chi connectivity index (χ0n) is 10.7. The zero-order chi connectivity index (χ0) is 14.2. The minimum atomic E-state index is -0.550. The van der Waals surface area contributed by atoms with Crippen molar-refractivity contribution < 1.29 is 9.59 Å². The maximum atomic E-state index is 11.9. The Morgan fingerprint density at radius 2 is 2.05 bits per heavy atom. The summed E-state index contributed by atoms with van der Waals surface area (Å²) in [6.07, 6.45) is 0.495. The Kier molecular flexibility index (Phi) is 3.34. The predicted molar refractivity (Wildman–Crippen MR) is 72.1 cm³/mol. The van der Waals surface area contributed by atoms with Crippen molar-refractivity contribution in [1.29, 1.82) is 5.26 Å². The van der Waals surface area contributed by atoms with E-state index in [4.69, 9.17) is 16.9 Å². The molecule has 0 radical (unpaired) electrons. The molecule has 98 valence electrons. The largest absolute Gasteiger partial charge is 0.305 e. The van der Waals surface area contributed by atoms with E-state index in [-0.39, 0.29) is 0 Å². The molecule has 19 heavy (non-hydrogen) atoms. The summed E-state index contributed by atoms with van der Waals surface area (Å²) in [7, 11) is 0. The highest BCUT2D eigenvalue weighted by Crippen LogP contribution is 2.32. The highest BCUT2D eigenvalue weighted by molar-refractivity contribution is 6.52. The number of hydrogen-bond acceptors (Lipinski definition) is 3. The fourth-order valence-electron chi connectivity index (χ4n) is 1.94. The molecule has 2 rings (SSSR count). The molecule has 0 saturated heterocycles. The van der Waals surface area contributed by atoms with Gasteiger partial charge < -0.3 is 4.90 Å². The molecule has 0 atom stereocenters. The molecule has 0 fully saturated rings. The molecule has 4 nitrogen and oxygen atoms in total. The number of nitrogens with zero attached hydrogens (tertiary/aromatic N) is 2. The van der Waals surface area contributed by atoms with Crippen molar-refractivity contribution in [2.24, 2.45) is 5.41 Å². The van der Waals surface area contributed by atoms with Gasteiger partial charge in [-0.1, -0.05) is 11.6 Å². The maximum absolute atomic E-state index is 11.9. The lowest BCUT2D eigenvalue weighted by Crippen LogP contribution is -2.32. The lowest BCUT2D eigenvalue weighted by atomic mass is 9.91. The number of Topliss-reactive ketones (excluding diaryl/α,β-unsaturated/α-hetero) is 1. The van der Waals surface area contributed by atoms with Gasteiger partial charge in [0.05, 0.1) is 22.7 Å². The number of nitriles is 1. The highest BCUT2D eigenvalue weighted by atomic mass is 35.5. The zero-order valence-corrected chi connectivity index (χ0v) is 11.5. The van der Waals surface area contributed by atoms with Gasteiger partial charge in [0.1, 0.15) is 0 Å². The summed E-state index contributed by atoms with van der Waals surface area (Å²) in [4.78, 5) is 25.1. The van der Waals surface area contributed by atoms with Crippen LogP contribution in [0.5, 0.6) is 0 Å². The van der Waals surface area contributed by atoms with E-state index in [1.807, 2.05) is 0 Å².